The molecule has 0 aliphatic carbocycles. The van der Waals surface area contributed by atoms with Crippen molar-refractivity contribution in [1.82, 2.24) is 9.55 Å². The van der Waals surface area contributed by atoms with Crippen LogP contribution < -0.4 is 11.2 Å². The molecule has 2 aliphatic rings. The van der Waals surface area contributed by atoms with Gasteiger partial charge in [0.25, 0.3) is 5.56 Å². The molecule has 0 radical (unpaired) electrons. The second kappa shape index (κ2) is 9.52. The van der Waals surface area contributed by atoms with Gasteiger partial charge in [0, 0.05) is 11.8 Å². The number of aliphatic hydroxyl groups is 1. The van der Waals surface area contributed by atoms with E-state index >= 15 is 0 Å². The highest BCUT2D eigenvalue weighted by Gasteiger charge is 2.61. The number of nitrogens with one attached hydrogen (secondary N) is 1. The summed E-state index contributed by atoms with van der Waals surface area (Å²) >= 11 is 0. The van der Waals surface area contributed by atoms with Gasteiger partial charge in [-0.1, -0.05) is 55.4 Å². The molecule has 0 aromatic carbocycles. The molecule has 188 valence electrons. The Hall–Kier alpha value is -1.09. The van der Waals surface area contributed by atoms with E-state index < -0.39 is 52.9 Å². The first-order chi connectivity index (χ1) is 15.3. The van der Waals surface area contributed by atoms with Crippen molar-refractivity contribution in [1.29, 1.82) is 0 Å². The molecule has 2 aliphatic heterocycles. The van der Waals surface area contributed by atoms with Crippen molar-refractivity contribution in [2.24, 2.45) is 0 Å². The van der Waals surface area contributed by atoms with Gasteiger partial charge in [-0.15, -0.1) is 0 Å². The molecule has 1 aromatic heterocycles. The minimum atomic E-state index is -2.92. The number of fused-ring (bicyclic) bond motifs is 1. The van der Waals surface area contributed by atoms with Gasteiger partial charge >= 0.3 is 22.8 Å². The van der Waals surface area contributed by atoms with Crippen LogP contribution in [0.25, 0.3) is 0 Å². The molecule has 3 heterocycles. The number of aromatic amines is 1. The lowest BCUT2D eigenvalue weighted by atomic mass is 10.1. The fraction of sp³-hybridized carbons (Fsp3) is 0.818. The lowest BCUT2D eigenvalue weighted by molar-refractivity contribution is -0.0601. The van der Waals surface area contributed by atoms with Crippen molar-refractivity contribution >= 4 is 17.1 Å². The van der Waals surface area contributed by atoms with E-state index in [9.17, 15) is 14.7 Å². The Morgan fingerprint density at radius 2 is 1.55 bits per heavy atom. The average molecular weight is 501 g/mol. The largest absolute Gasteiger partial charge is 0.414 e. The van der Waals surface area contributed by atoms with E-state index in [1.165, 1.54) is 10.8 Å². The van der Waals surface area contributed by atoms with Gasteiger partial charge in [-0.2, -0.15) is 0 Å². The molecule has 0 unspecified atom stereocenters. The Balaban J connectivity index is 2.10. The molecular weight excluding hydrogens is 460 g/mol. The van der Waals surface area contributed by atoms with Crippen LogP contribution in [0.5, 0.6) is 0 Å². The Labute approximate surface area is 197 Å². The number of nitrogens with zero attached hydrogens (tertiary/aromatic N) is 1. The third-order valence-corrected chi connectivity index (χ3v) is 17.3. The Morgan fingerprint density at radius 3 is 2.06 bits per heavy atom. The second-order valence-corrected chi connectivity index (χ2v) is 19.4. The molecule has 2 saturated heterocycles. The highest BCUT2D eigenvalue weighted by atomic mass is 28.5. The zero-order valence-electron chi connectivity index (χ0n) is 21.2. The van der Waals surface area contributed by atoms with E-state index in [0.29, 0.717) is 5.56 Å². The molecule has 1 aromatic rings. The van der Waals surface area contributed by atoms with E-state index in [-0.39, 0.29) is 28.8 Å². The maximum atomic E-state index is 12.5. The fourth-order valence-corrected chi connectivity index (χ4v) is 16.4. The van der Waals surface area contributed by atoms with Gasteiger partial charge in [-0.05, 0) is 29.1 Å². The topological polar surface area (TPSA) is 112 Å². The summed E-state index contributed by atoms with van der Waals surface area (Å²) in [6.07, 6.45) is -1.98. The van der Waals surface area contributed by atoms with Crippen LogP contribution in [0.2, 0.25) is 22.2 Å². The lowest BCUT2D eigenvalue weighted by Crippen LogP contribution is -2.65. The zero-order valence-corrected chi connectivity index (χ0v) is 23.2. The Morgan fingerprint density at radius 1 is 1.00 bits per heavy atom. The molecule has 0 spiro atoms. The number of aliphatic hydroxyl groups excluding tert-OH is 1. The molecule has 4 atom stereocenters. The highest BCUT2D eigenvalue weighted by molar-refractivity contribution is 6.83. The van der Waals surface area contributed by atoms with Gasteiger partial charge in [0.1, 0.15) is 18.3 Å². The summed E-state index contributed by atoms with van der Waals surface area (Å²) < 4.78 is 28.1. The summed E-state index contributed by atoms with van der Waals surface area (Å²) in [6, 6.07) is 0. The van der Waals surface area contributed by atoms with E-state index in [1.54, 1.807) is 6.92 Å². The van der Waals surface area contributed by atoms with E-state index in [4.69, 9.17) is 17.7 Å². The smallest absolute Gasteiger partial charge is 0.335 e. The van der Waals surface area contributed by atoms with Crippen LogP contribution in [0, 0.1) is 6.92 Å². The third kappa shape index (κ3) is 4.48. The average Bonchev–Trinajstić information content (AvgIpc) is 2.98. The van der Waals surface area contributed by atoms with Gasteiger partial charge in [-0.25, -0.2) is 4.79 Å². The van der Waals surface area contributed by atoms with Crippen LogP contribution in [0.1, 0.15) is 67.2 Å². The van der Waals surface area contributed by atoms with Crippen LogP contribution in [0.15, 0.2) is 15.8 Å². The molecule has 2 N–H and O–H groups in total. The van der Waals surface area contributed by atoms with E-state index in [1.807, 2.05) is 0 Å². The SMILES string of the molecule is Cc1cn([C@@H]2O[C@@H]3CO[Si](C(C)C)(C(C)C)O[Si](C(C)C)(C(C)C)O[C@H]3[C@@H]2O)c(=O)[nH]c1=O. The van der Waals surface area contributed by atoms with Crippen molar-refractivity contribution in [2.75, 3.05) is 6.61 Å². The Bertz CT molecular complexity index is 943. The van der Waals surface area contributed by atoms with Crippen LogP contribution in [-0.4, -0.2) is 56.7 Å². The second-order valence-electron chi connectivity index (χ2n) is 10.6. The van der Waals surface area contributed by atoms with Crippen LogP contribution in [-0.2, 0) is 17.7 Å². The molecular formula is C22H40N2O7Si2. The first kappa shape index (κ1) is 26.5. The molecule has 33 heavy (non-hydrogen) atoms. The normalized spacial score (nSPS) is 29.5. The van der Waals surface area contributed by atoms with E-state index in [2.05, 4.69) is 60.4 Å². The summed E-state index contributed by atoms with van der Waals surface area (Å²) in [5, 5.41) is 11.3. The predicted molar refractivity (Wildman–Crippen MR) is 130 cm³/mol. The summed E-state index contributed by atoms with van der Waals surface area (Å²) in [7, 11) is -5.65. The fourth-order valence-electron chi connectivity index (χ4n) is 5.14. The van der Waals surface area contributed by atoms with Gasteiger partial charge in [-0.3, -0.25) is 14.3 Å². The summed E-state index contributed by atoms with van der Waals surface area (Å²) in [5.41, 5.74) is -0.151. The van der Waals surface area contributed by atoms with Gasteiger partial charge in [0.2, 0.25) is 0 Å². The predicted octanol–water partition coefficient (Wildman–Crippen LogP) is 3.06. The number of hydrogen-bond donors (Lipinski definition) is 2. The van der Waals surface area contributed by atoms with Crippen molar-refractivity contribution in [3.05, 3.63) is 32.6 Å². The zero-order chi connectivity index (χ0) is 24.9. The standard InChI is InChI=1S/C22H40N2O7Si2/c1-12(2)32(13(3)4)28-11-17-19(30-33(31-32,14(5)6)15(7)8)18(25)21(29-17)24-10-16(9)20(26)23-22(24)27/h10,12-15,17-19,21,25H,11H2,1-9H3,(H,23,26,27)/t17-,18+,19-,21-/m1/s1. The summed E-state index contributed by atoms with van der Waals surface area (Å²) in [6.45, 7) is 18.8. The molecule has 2 fully saturated rings. The van der Waals surface area contributed by atoms with Crippen molar-refractivity contribution in [2.45, 2.75) is 109 Å². The lowest BCUT2D eigenvalue weighted by Gasteiger charge is -2.51. The number of aryl methyl sites for hydroxylation is 1. The minimum absolute atomic E-state index is 0.105. The summed E-state index contributed by atoms with van der Waals surface area (Å²) in [4.78, 5) is 26.7. The maximum absolute atomic E-state index is 12.5. The van der Waals surface area contributed by atoms with Crippen LogP contribution >= 0.6 is 0 Å². The maximum Gasteiger partial charge on any atom is 0.335 e. The molecule has 0 saturated carbocycles. The number of ether oxygens (including phenoxy) is 1. The number of aromatic nitrogens is 2. The van der Waals surface area contributed by atoms with Crippen molar-refractivity contribution in [3.8, 4) is 0 Å². The summed E-state index contributed by atoms with van der Waals surface area (Å²) in [5.74, 6) is 0. The monoisotopic (exact) mass is 500 g/mol. The van der Waals surface area contributed by atoms with Gasteiger partial charge in [0.15, 0.2) is 6.23 Å². The highest BCUT2D eigenvalue weighted by Crippen LogP contribution is 2.48. The van der Waals surface area contributed by atoms with Crippen LogP contribution in [0.4, 0.5) is 0 Å². The number of hydrogen-bond acceptors (Lipinski definition) is 7. The molecule has 9 nitrogen and oxygen atoms in total. The number of rotatable bonds is 5. The Kier molecular flexibility index (Phi) is 7.65. The quantitative estimate of drug-likeness (QED) is 0.598. The number of H-pyrrole nitrogens is 1. The van der Waals surface area contributed by atoms with Gasteiger partial charge in [0.05, 0.1) is 6.61 Å². The minimum Gasteiger partial charge on any atom is -0.414 e. The van der Waals surface area contributed by atoms with Gasteiger partial charge < -0.3 is 22.8 Å². The first-order valence-electron chi connectivity index (χ1n) is 11.9. The van der Waals surface area contributed by atoms with Crippen molar-refractivity contribution in [3.63, 3.8) is 0 Å². The van der Waals surface area contributed by atoms with Crippen molar-refractivity contribution < 1.29 is 22.8 Å². The molecule has 0 bridgehead atoms. The van der Waals surface area contributed by atoms with Crippen LogP contribution in [0.3, 0.4) is 0 Å². The van der Waals surface area contributed by atoms with E-state index in [0.717, 1.165) is 0 Å². The first-order valence-corrected chi connectivity index (χ1v) is 15.9. The molecule has 0 amide bonds. The third-order valence-electron chi connectivity index (χ3n) is 7.06. The molecule has 3 rings (SSSR count). The molecule has 11 heteroatoms.